The fourth-order valence-electron chi connectivity index (χ4n) is 2.58. The zero-order valence-electron chi connectivity index (χ0n) is 14.0. The van der Waals surface area contributed by atoms with Gasteiger partial charge < -0.3 is 5.32 Å². The molecule has 1 N–H and O–H groups in total. The normalized spacial score (nSPS) is 17.4. The van der Waals surface area contributed by atoms with Crippen molar-refractivity contribution in [2.24, 2.45) is 0 Å². The first-order valence-electron chi connectivity index (χ1n) is 8.44. The van der Waals surface area contributed by atoms with Crippen LogP contribution in [0.3, 0.4) is 0 Å². The van der Waals surface area contributed by atoms with Crippen molar-refractivity contribution in [1.29, 1.82) is 0 Å². The summed E-state index contributed by atoms with van der Waals surface area (Å²) in [5.74, 6) is 0.223. The van der Waals surface area contributed by atoms with Gasteiger partial charge in [-0.05, 0) is 24.8 Å². The zero-order chi connectivity index (χ0) is 17.4. The molecule has 1 aromatic rings. The van der Waals surface area contributed by atoms with Gasteiger partial charge in [-0.2, -0.15) is 0 Å². The van der Waals surface area contributed by atoms with Gasteiger partial charge in [0.2, 0.25) is 11.8 Å². The van der Waals surface area contributed by atoms with Gasteiger partial charge in [0.15, 0.2) is 0 Å². The molecule has 0 spiro atoms. The van der Waals surface area contributed by atoms with Gasteiger partial charge in [-0.25, -0.2) is 0 Å². The van der Waals surface area contributed by atoms with Gasteiger partial charge >= 0.3 is 0 Å². The van der Waals surface area contributed by atoms with E-state index in [0.29, 0.717) is 23.8 Å². The van der Waals surface area contributed by atoms with Gasteiger partial charge in [-0.15, -0.1) is 0 Å². The highest BCUT2D eigenvalue weighted by atomic mass is 32.2. The van der Waals surface area contributed by atoms with E-state index in [1.54, 1.807) is 4.90 Å². The molecule has 0 bridgehead atoms. The molecule has 1 heterocycles. The van der Waals surface area contributed by atoms with Crippen molar-refractivity contribution in [2.45, 2.75) is 50.8 Å². The van der Waals surface area contributed by atoms with Crippen molar-refractivity contribution in [3.8, 4) is 0 Å². The molecular formula is C18H24N2O2S2. The molecular weight excluding hydrogens is 340 g/mol. The molecule has 6 heteroatoms. The predicted molar refractivity (Wildman–Crippen MR) is 103 cm³/mol. The van der Waals surface area contributed by atoms with Crippen LogP contribution in [0.1, 0.15) is 44.6 Å². The van der Waals surface area contributed by atoms with Crippen molar-refractivity contribution >= 4 is 40.1 Å². The molecule has 130 valence electrons. The number of nitrogens with one attached hydrogen (secondary N) is 1. The highest BCUT2D eigenvalue weighted by Gasteiger charge is 2.34. The monoisotopic (exact) mass is 364 g/mol. The molecule has 0 aromatic heterocycles. The average Bonchev–Trinajstić information content (AvgIpc) is 2.87. The highest BCUT2D eigenvalue weighted by Crippen LogP contribution is 2.29. The van der Waals surface area contributed by atoms with Crippen molar-refractivity contribution < 1.29 is 9.59 Å². The third-order valence-corrected chi connectivity index (χ3v) is 5.74. The average molecular weight is 365 g/mol. The number of hydrogen-bond donors (Lipinski definition) is 1. The lowest BCUT2D eigenvalue weighted by molar-refractivity contribution is -0.126. The largest absolute Gasteiger partial charge is 0.352 e. The van der Waals surface area contributed by atoms with Crippen LogP contribution in [0.4, 0.5) is 0 Å². The lowest BCUT2D eigenvalue weighted by atomic mass is 10.1. The molecule has 4 nitrogen and oxygen atoms in total. The van der Waals surface area contributed by atoms with Crippen molar-refractivity contribution in [3.05, 3.63) is 35.9 Å². The SMILES string of the molecule is CCC1SC(=S)N(CCCCCC(=O)NCc2ccccc2)C1=O. The van der Waals surface area contributed by atoms with Crippen molar-refractivity contribution in [3.63, 3.8) is 0 Å². The fraction of sp³-hybridized carbons (Fsp3) is 0.500. The number of thioether (sulfide) groups is 1. The summed E-state index contributed by atoms with van der Waals surface area (Å²) in [5.41, 5.74) is 1.11. The maximum atomic E-state index is 12.1. The molecule has 0 aliphatic carbocycles. The summed E-state index contributed by atoms with van der Waals surface area (Å²) < 4.78 is 0.701. The van der Waals surface area contributed by atoms with Gasteiger partial charge in [0.1, 0.15) is 4.32 Å². The van der Waals surface area contributed by atoms with E-state index >= 15 is 0 Å². The van der Waals surface area contributed by atoms with Gasteiger partial charge in [0.05, 0.1) is 5.25 Å². The second-order valence-electron chi connectivity index (χ2n) is 5.84. The van der Waals surface area contributed by atoms with E-state index in [4.69, 9.17) is 12.2 Å². The number of hydrogen-bond acceptors (Lipinski definition) is 4. The Kier molecular flexibility index (Phi) is 7.72. The molecule has 24 heavy (non-hydrogen) atoms. The Morgan fingerprint density at radius 1 is 1.25 bits per heavy atom. The van der Waals surface area contributed by atoms with Crippen LogP contribution in [0.25, 0.3) is 0 Å². The Morgan fingerprint density at radius 3 is 2.67 bits per heavy atom. The first-order chi connectivity index (χ1) is 11.6. The molecule has 0 saturated carbocycles. The Balaban J connectivity index is 1.57. The minimum absolute atomic E-state index is 0.00117. The Labute approximate surface area is 153 Å². The van der Waals surface area contributed by atoms with Gasteiger partial charge in [0.25, 0.3) is 0 Å². The van der Waals surface area contributed by atoms with E-state index < -0.39 is 0 Å². The summed E-state index contributed by atoms with van der Waals surface area (Å²) in [7, 11) is 0. The molecule has 1 atom stereocenters. The van der Waals surface area contributed by atoms with Crippen molar-refractivity contribution in [2.75, 3.05) is 6.54 Å². The number of rotatable bonds is 9. The first-order valence-corrected chi connectivity index (χ1v) is 9.73. The molecule has 1 fully saturated rings. The Morgan fingerprint density at radius 2 is 2.00 bits per heavy atom. The quantitative estimate of drug-likeness (QED) is 0.538. The maximum absolute atomic E-state index is 12.1. The fourth-order valence-corrected chi connectivity index (χ4v) is 4.05. The maximum Gasteiger partial charge on any atom is 0.241 e. The van der Waals surface area contributed by atoms with Gasteiger partial charge in [-0.3, -0.25) is 14.5 Å². The molecule has 1 aliphatic rings. The third-order valence-electron chi connectivity index (χ3n) is 3.99. The lowest BCUT2D eigenvalue weighted by Gasteiger charge is -2.15. The number of nitrogens with zero attached hydrogens (tertiary/aromatic N) is 1. The van der Waals surface area contributed by atoms with Crippen LogP contribution >= 0.6 is 24.0 Å². The molecule has 1 aromatic carbocycles. The smallest absolute Gasteiger partial charge is 0.241 e. The first kappa shape index (κ1) is 18.9. The summed E-state index contributed by atoms with van der Waals surface area (Å²) in [6, 6.07) is 9.89. The van der Waals surface area contributed by atoms with Crippen LogP contribution in [0.5, 0.6) is 0 Å². The molecule has 1 aliphatic heterocycles. The van der Waals surface area contributed by atoms with E-state index in [1.165, 1.54) is 11.8 Å². The van der Waals surface area contributed by atoms with E-state index in [2.05, 4.69) is 5.32 Å². The minimum Gasteiger partial charge on any atom is -0.352 e. The molecule has 1 saturated heterocycles. The van der Waals surface area contributed by atoms with Gasteiger partial charge in [0, 0.05) is 19.5 Å². The Bertz CT molecular complexity index is 578. The third kappa shape index (κ3) is 5.60. The summed E-state index contributed by atoms with van der Waals surface area (Å²) in [6.07, 6.45) is 3.99. The number of thiocarbonyl (C=S) groups is 1. The zero-order valence-corrected chi connectivity index (χ0v) is 15.6. The number of carbonyl (C=O) groups is 2. The molecule has 2 rings (SSSR count). The van der Waals surface area contributed by atoms with Crippen LogP contribution in [-0.4, -0.2) is 32.8 Å². The second-order valence-corrected chi connectivity index (χ2v) is 7.68. The topological polar surface area (TPSA) is 49.4 Å². The second kappa shape index (κ2) is 9.79. The van der Waals surface area contributed by atoms with Crippen LogP contribution in [-0.2, 0) is 16.1 Å². The van der Waals surface area contributed by atoms with E-state index in [1.807, 2.05) is 37.3 Å². The number of benzene rings is 1. The number of amides is 2. The van der Waals surface area contributed by atoms with E-state index in [-0.39, 0.29) is 17.1 Å². The van der Waals surface area contributed by atoms with Crippen LogP contribution in [0.15, 0.2) is 30.3 Å². The summed E-state index contributed by atoms with van der Waals surface area (Å²) in [6.45, 7) is 3.26. The van der Waals surface area contributed by atoms with Crippen molar-refractivity contribution in [1.82, 2.24) is 10.2 Å². The minimum atomic E-state index is 0.00117. The summed E-state index contributed by atoms with van der Waals surface area (Å²) in [4.78, 5) is 25.6. The summed E-state index contributed by atoms with van der Waals surface area (Å²) >= 11 is 6.76. The van der Waals surface area contributed by atoms with Crippen LogP contribution in [0.2, 0.25) is 0 Å². The van der Waals surface area contributed by atoms with E-state index in [0.717, 1.165) is 31.2 Å². The number of carbonyl (C=O) groups excluding carboxylic acids is 2. The molecule has 2 amide bonds. The number of unbranched alkanes of at least 4 members (excludes halogenated alkanes) is 2. The standard InChI is InChI=1S/C18H24N2O2S2/c1-2-15-17(22)20(18(23)24-15)12-8-4-7-11-16(21)19-13-14-9-5-3-6-10-14/h3,5-6,9-10,15H,2,4,7-8,11-13H2,1H3,(H,19,21). The summed E-state index contributed by atoms with van der Waals surface area (Å²) in [5, 5.41) is 2.93. The lowest BCUT2D eigenvalue weighted by Crippen LogP contribution is -2.32. The highest BCUT2D eigenvalue weighted by molar-refractivity contribution is 8.24. The van der Waals surface area contributed by atoms with Crippen LogP contribution < -0.4 is 5.32 Å². The van der Waals surface area contributed by atoms with Crippen LogP contribution in [0, 0.1) is 0 Å². The molecule has 1 unspecified atom stereocenters. The molecule has 0 radical (unpaired) electrons. The van der Waals surface area contributed by atoms with E-state index in [9.17, 15) is 9.59 Å². The Hall–Kier alpha value is -1.40. The predicted octanol–water partition coefficient (Wildman–Crippen LogP) is 3.50. The van der Waals surface area contributed by atoms with Gasteiger partial charge in [-0.1, -0.05) is 67.7 Å².